The molecule has 1 heterocycles. The van der Waals surface area contributed by atoms with E-state index in [9.17, 15) is 9.00 Å². The maximum atomic E-state index is 12.7. The van der Waals surface area contributed by atoms with Crippen LogP contribution in [-0.4, -0.2) is 15.4 Å². The Kier molecular flexibility index (Phi) is 6.14. The van der Waals surface area contributed by atoms with Crippen LogP contribution < -0.4 is 5.32 Å². The van der Waals surface area contributed by atoms with Gasteiger partial charge < -0.3 is 9.73 Å². The number of carbonyl (C=O) groups is 1. The Morgan fingerprint density at radius 1 is 1.14 bits per heavy atom. The number of carbonyl (C=O) groups excluding carboxylic acids is 1. The van der Waals surface area contributed by atoms with Gasteiger partial charge in [0.2, 0.25) is 5.91 Å². The molecule has 1 aliphatic carbocycles. The molecule has 5 heteroatoms. The predicted molar refractivity (Wildman–Crippen MR) is 118 cm³/mol. The van der Waals surface area contributed by atoms with Gasteiger partial charge in [0.15, 0.2) is 0 Å². The van der Waals surface area contributed by atoms with Crippen molar-refractivity contribution in [1.82, 2.24) is 0 Å². The third-order valence-corrected chi connectivity index (χ3v) is 7.44. The number of fused-ring (bicyclic) bond motifs is 1. The van der Waals surface area contributed by atoms with Crippen LogP contribution in [0.15, 0.2) is 53.1 Å². The van der Waals surface area contributed by atoms with Gasteiger partial charge in [-0.3, -0.25) is 9.00 Å². The molecule has 2 aromatic carbocycles. The van der Waals surface area contributed by atoms with Gasteiger partial charge in [0.25, 0.3) is 0 Å². The van der Waals surface area contributed by atoms with E-state index in [2.05, 4.69) is 5.32 Å². The first-order valence-electron chi connectivity index (χ1n) is 10.3. The van der Waals surface area contributed by atoms with Crippen molar-refractivity contribution in [3.8, 4) is 0 Å². The van der Waals surface area contributed by atoms with E-state index in [-0.39, 0.29) is 12.3 Å². The smallest absolute Gasteiger partial charge is 0.228 e. The van der Waals surface area contributed by atoms with Gasteiger partial charge in [-0.2, -0.15) is 0 Å². The van der Waals surface area contributed by atoms with E-state index in [1.807, 2.05) is 49.4 Å². The lowest BCUT2D eigenvalue weighted by Gasteiger charge is -2.21. The lowest BCUT2D eigenvalue weighted by molar-refractivity contribution is -0.115. The maximum absolute atomic E-state index is 12.7. The van der Waals surface area contributed by atoms with Crippen molar-refractivity contribution in [2.75, 3.05) is 5.32 Å². The molecule has 152 valence electrons. The maximum Gasteiger partial charge on any atom is 0.228 e. The van der Waals surface area contributed by atoms with Crippen LogP contribution in [0.4, 0.5) is 5.69 Å². The molecule has 3 aromatic rings. The summed E-state index contributed by atoms with van der Waals surface area (Å²) < 4.78 is 18.3. The Hall–Kier alpha value is -2.40. The molecule has 1 saturated carbocycles. The van der Waals surface area contributed by atoms with Crippen molar-refractivity contribution in [3.63, 3.8) is 0 Å². The number of furan rings is 1. The van der Waals surface area contributed by atoms with E-state index in [0.717, 1.165) is 46.2 Å². The van der Waals surface area contributed by atoms with Crippen molar-refractivity contribution in [3.05, 3.63) is 65.4 Å². The first kappa shape index (κ1) is 19.9. The van der Waals surface area contributed by atoms with Crippen molar-refractivity contribution in [2.24, 2.45) is 0 Å². The van der Waals surface area contributed by atoms with Crippen molar-refractivity contribution < 1.29 is 13.4 Å². The summed E-state index contributed by atoms with van der Waals surface area (Å²) in [5.74, 6) is 0.471. The highest BCUT2D eigenvalue weighted by Gasteiger charge is 2.20. The zero-order valence-electron chi connectivity index (χ0n) is 16.8. The molecule has 0 spiro atoms. The summed E-state index contributed by atoms with van der Waals surface area (Å²) in [6.07, 6.45) is 7.70. The Bertz CT molecular complexity index is 1030. The minimum absolute atomic E-state index is 0.0844. The highest BCUT2D eigenvalue weighted by molar-refractivity contribution is 7.84. The molecule has 1 aromatic heterocycles. The van der Waals surface area contributed by atoms with E-state index in [0.29, 0.717) is 11.0 Å². The van der Waals surface area contributed by atoms with Crippen LogP contribution in [0.2, 0.25) is 0 Å². The predicted octanol–water partition coefficient (Wildman–Crippen LogP) is 5.50. The summed E-state index contributed by atoms with van der Waals surface area (Å²) in [6.45, 7) is 2.02. The second-order valence-corrected chi connectivity index (χ2v) is 9.69. The molecule has 1 amide bonds. The van der Waals surface area contributed by atoms with E-state index < -0.39 is 10.8 Å². The van der Waals surface area contributed by atoms with Crippen molar-refractivity contribution >= 4 is 33.4 Å². The Morgan fingerprint density at radius 2 is 1.97 bits per heavy atom. The molecular weight excluding hydrogens is 382 g/mol. The van der Waals surface area contributed by atoms with E-state index in [1.165, 1.54) is 19.3 Å². The largest absolute Gasteiger partial charge is 0.464 e. The quantitative estimate of drug-likeness (QED) is 0.584. The SMILES string of the molecule is Cc1ccc2c(CC(=O)Nc3cccc(CS(=O)C4CCCCC4)c3)coc2c1. The molecular formula is C24H27NO3S. The summed E-state index contributed by atoms with van der Waals surface area (Å²) in [5.41, 5.74) is 4.57. The minimum atomic E-state index is -0.847. The fraction of sp³-hybridized carbons (Fsp3) is 0.375. The number of hydrogen-bond donors (Lipinski definition) is 1. The monoisotopic (exact) mass is 409 g/mol. The van der Waals surface area contributed by atoms with Gasteiger partial charge in [-0.05, 0) is 49.1 Å². The fourth-order valence-corrected chi connectivity index (χ4v) is 5.66. The van der Waals surface area contributed by atoms with Gasteiger partial charge in [0.1, 0.15) is 5.58 Å². The second-order valence-electron chi connectivity index (χ2n) is 7.97. The lowest BCUT2D eigenvalue weighted by Crippen LogP contribution is -2.20. The average Bonchev–Trinajstić information content (AvgIpc) is 3.10. The van der Waals surface area contributed by atoms with E-state index in [1.54, 1.807) is 6.26 Å². The lowest BCUT2D eigenvalue weighted by atomic mass is 10.0. The molecule has 1 aliphatic rings. The third kappa shape index (κ3) is 4.96. The van der Waals surface area contributed by atoms with Gasteiger partial charge in [-0.1, -0.05) is 43.5 Å². The highest BCUT2D eigenvalue weighted by atomic mass is 32.2. The summed E-state index contributed by atoms with van der Waals surface area (Å²) in [6, 6.07) is 13.7. The van der Waals surface area contributed by atoms with Crippen LogP contribution >= 0.6 is 0 Å². The van der Waals surface area contributed by atoms with E-state index in [4.69, 9.17) is 4.42 Å². The summed E-state index contributed by atoms with van der Waals surface area (Å²) in [4.78, 5) is 12.6. The number of amides is 1. The van der Waals surface area contributed by atoms with Crippen molar-refractivity contribution in [2.45, 2.75) is 56.5 Å². The first-order valence-corrected chi connectivity index (χ1v) is 11.7. The highest BCUT2D eigenvalue weighted by Crippen LogP contribution is 2.25. The van der Waals surface area contributed by atoms with Crippen LogP contribution in [0.3, 0.4) is 0 Å². The number of benzene rings is 2. The molecule has 1 fully saturated rings. The topological polar surface area (TPSA) is 59.3 Å². The third-order valence-electron chi connectivity index (χ3n) is 5.61. The number of hydrogen-bond acceptors (Lipinski definition) is 3. The zero-order chi connectivity index (χ0) is 20.2. The van der Waals surface area contributed by atoms with Gasteiger partial charge in [0, 0.05) is 38.4 Å². The second kappa shape index (κ2) is 8.95. The van der Waals surface area contributed by atoms with Crippen LogP contribution in [0, 0.1) is 6.92 Å². The van der Waals surface area contributed by atoms with Crippen LogP contribution in [0.1, 0.15) is 48.8 Å². The molecule has 1 atom stereocenters. The minimum Gasteiger partial charge on any atom is -0.464 e. The van der Waals surface area contributed by atoms with E-state index >= 15 is 0 Å². The van der Waals surface area contributed by atoms with Gasteiger partial charge in [-0.25, -0.2) is 0 Å². The van der Waals surface area contributed by atoms with Gasteiger partial charge >= 0.3 is 0 Å². The van der Waals surface area contributed by atoms with Crippen molar-refractivity contribution in [1.29, 1.82) is 0 Å². The average molecular weight is 410 g/mol. The fourth-order valence-electron chi connectivity index (χ4n) is 4.05. The molecule has 29 heavy (non-hydrogen) atoms. The van der Waals surface area contributed by atoms with Gasteiger partial charge in [-0.15, -0.1) is 0 Å². The molecule has 0 saturated heterocycles. The van der Waals surface area contributed by atoms with Crippen LogP contribution in [0.25, 0.3) is 11.0 Å². The molecule has 0 bridgehead atoms. The molecule has 1 N–H and O–H groups in total. The van der Waals surface area contributed by atoms with Crippen LogP contribution in [-0.2, 0) is 27.8 Å². The summed E-state index contributed by atoms with van der Waals surface area (Å²) in [5, 5.41) is 4.26. The number of aryl methyl sites for hydroxylation is 1. The summed E-state index contributed by atoms with van der Waals surface area (Å²) in [7, 11) is -0.847. The summed E-state index contributed by atoms with van der Waals surface area (Å²) >= 11 is 0. The molecule has 1 unspecified atom stereocenters. The molecule has 0 aliphatic heterocycles. The number of anilines is 1. The zero-order valence-corrected chi connectivity index (χ0v) is 17.6. The molecule has 4 nitrogen and oxygen atoms in total. The van der Waals surface area contributed by atoms with Crippen LogP contribution in [0.5, 0.6) is 0 Å². The van der Waals surface area contributed by atoms with Gasteiger partial charge in [0.05, 0.1) is 12.7 Å². The number of nitrogens with one attached hydrogen (secondary N) is 1. The first-order chi connectivity index (χ1) is 14.1. The standard InChI is InChI=1S/C24H27NO3S/c1-17-10-11-22-19(15-28-23(22)12-17)14-24(26)25-20-7-5-6-18(13-20)16-29(27)21-8-3-2-4-9-21/h5-7,10-13,15,21H,2-4,8-9,14,16H2,1H3,(H,25,26). The number of rotatable bonds is 6. The Labute approximate surface area is 174 Å². The molecule has 0 radical (unpaired) electrons. The Morgan fingerprint density at radius 3 is 2.79 bits per heavy atom. The molecule has 4 rings (SSSR count). The Balaban J connectivity index is 1.39. The normalized spacial score (nSPS) is 16.0.